The Kier molecular flexibility index (Phi) is 2.89. The zero-order chi connectivity index (χ0) is 12.5. The molecule has 1 aliphatic heterocycles. The summed E-state index contributed by atoms with van der Waals surface area (Å²) in [5.41, 5.74) is 1.04. The van der Waals surface area contributed by atoms with E-state index in [2.05, 4.69) is 4.98 Å². The van der Waals surface area contributed by atoms with Gasteiger partial charge in [-0.05, 0) is 18.6 Å². The van der Waals surface area contributed by atoms with Gasteiger partial charge < -0.3 is 0 Å². The van der Waals surface area contributed by atoms with Crippen LogP contribution in [0, 0.1) is 0 Å². The number of para-hydroxylation sites is 1. The molecule has 0 atom stereocenters. The average Bonchev–Trinajstić information content (AvgIpc) is 2.91. The van der Waals surface area contributed by atoms with Gasteiger partial charge >= 0.3 is 0 Å². The minimum atomic E-state index is -0.236. The van der Waals surface area contributed by atoms with E-state index in [0.29, 0.717) is 29.4 Å². The van der Waals surface area contributed by atoms with Crippen LogP contribution >= 0.6 is 11.6 Å². The highest BCUT2D eigenvalue weighted by atomic mass is 35.5. The molecule has 2 aromatic rings. The second-order valence-electron chi connectivity index (χ2n) is 4.10. The summed E-state index contributed by atoms with van der Waals surface area (Å²) in [7, 11) is 0. The maximum absolute atomic E-state index is 12.1. The summed E-state index contributed by atoms with van der Waals surface area (Å²) in [6, 6.07) is 9.06. The first kappa shape index (κ1) is 11.4. The van der Waals surface area contributed by atoms with Gasteiger partial charge in [-0.15, -0.1) is 0 Å². The van der Waals surface area contributed by atoms with Crippen molar-refractivity contribution in [2.24, 2.45) is 0 Å². The van der Waals surface area contributed by atoms with Crippen molar-refractivity contribution in [3.63, 3.8) is 0 Å². The lowest BCUT2D eigenvalue weighted by molar-refractivity contribution is -0.0771. The van der Waals surface area contributed by atoms with Gasteiger partial charge in [0.2, 0.25) is 0 Å². The molecule has 2 heterocycles. The van der Waals surface area contributed by atoms with Crippen molar-refractivity contribution in [3.05, 3.63) is 41.0 Å². The molecule has 1 aliphatic rings. The molecule has 0 spiro atoms. The molecule has 1 amide bonds. The smallest absolute Gasteiger partial charge is 0.271 e. The van der Waals surface area contributed by atoms with Crippen molar-refractivity contribution >= 4 is 28.4 Å². The molecule has 3 rings (SSSR count). The molecule has 0 saturated carbocycles. The summed E-state index contributed by atoms with van der Waals surface area (Å²) in [6.07, 6.45) is 0.854. The number of benzene rings is 1. The lowest BCUT2D eigenvalue weighted by Gasteiger charge is -2.13. The Bertz CT molecular complexity index is 609. The van der Waals surface area contributed by atoms with Crippen molar-refractivity contribution in [1.29, 1.82) is 0 Å². The first-order chi connectivity index (χ1) is 8.75. The number of fused-ring (bicyclic) bond motifs is 1. The highest BCUT2D eigenvalue weighted by molar-refractivity contribution is 6.35. The number of hydroxylamine groups is 2. The van der Waals surface area contributed by atoms with Crippen LogP contribution in [0.15, 0.2) is 30.3 Å². The van der Waals surface area contributed by atoms with Crippen molar-refractivity contribution in [1.82, 2.24) is 10.0 Å². The van der Waals surface area contributed by atoms with Crippen LogP contribution in [-0.2, 0) is 4.84 Å². The standard InChI is InChI=1S/C13H11ClN2O2/c14-10-8-12(13(17)16-6-3-7-18-16)15-11-5-2-1-4-9(10)11/h1-2,4-5,8H,3,6-7H2. The number of halogens is 1. The van der Waals surface area contributed by atoms with Crippen molar-refractivity contribution in [2.75, 3.05) is 13.2 Å². The molecule has 0 bridgehead atoms. The van der Waals surface area contributed by atoms with Crippen LogP contribution in [0.3, 0.4) is 0 Å². The van der Waals surface area contributed by atoms with Gasteiger partial charge in [-0.25, -0.2) is 10.0 Å². The average molecular weight is 263 g/mol. The fourth-order valence-electron chi connectivity index (χ4n) is 1.98. The van der Waals surface area contributed by atoms with E-state index in [0.717, 1.165) is 11.8 Å². The summed E-state index contributed by atoms with van der Waals surface area (Å²) in [6.45, 7) is 1.18. The van der Waals surface area contributed by atoms with Crippen LogP contribution in [-0.4, -0.2) is 29.1 Å². The van der Waals surface area contributed by atoms with E-state index in [1.165, 1.54) is 5.06 Å². The molecule has 4 nitrogen and oxygen atoms in total. The Balaban J connectivity index is 2.04. The Hall–Kier alpha value is -1.65. The van der Waals surface area contributed by atoms with Crippen molar-refractivity contribution < 1.29 is 9.63 Å². The predicted molar refractivity (Wildman–Crippen MR) is 68.4 cm³/mol. The molecule has 0 aliphatic carbocycles. The zero-order valence-electron chi connectivity index (χ0n) is 9.60. The molecule has 92 valence electrons. The molecular formula is C13H11ClN2O2. The Morgan fingerprint density at radius 3 is 3.00 bits per heavy atom. The van der Waals surface area contributed by atoms with Gasteiger partial charge in [-0.3, -0.25) is 9.63 Å². The Morgan fingerprint density at radius 1 is 1.39 bits per heavy atom. The first-order valence-corrected chi connectivity index (χ1v) is 6.13. The van der Waals surface area contributed by atoms with Crippen LogP contribution in [0.2, 0.25) is 5.02 Å². The van der Waals surface area contributed by atoms with Gasteiger partial charge in [0.25, 0.3) is 5.91 Å². The van der Waals surface area contributed by atoms with E-state index in [9.17, 15) is 4.79 Å². The lowest BCUT2D eigenvalue weighted by atomic mass is 10.2. The van der Waals surface area contributed by atoms with Gasteiger partial charge in [0.05, 0.1) is 23.7 Å². The fourth-order valence-corrected chi connectivity index (χ4v) is 2.24. The van der Waals surface area contributed by atoms with Crippen molar-refractivity contribution in [2.45, 2.75) is 6.42 Å². The molecule has 5 heteroatoms. The number of carbonyl (C=O) groups is 1. The van der Waals surface area contributed by atoms with E-state index < -0.39 is 0 Å². The fraction of sp³-hybridized carbons (Fsp3) is 0.231. The highest BCUT2D eigenvalue weighted by Gasteiger charge is 2.22. The quantitative estimate of drug-likeness (QED) is 0.793. The Morgan fingerprint density at radius 2 is 2.22 bits per heavy atom. The van der Waals surface area contributed by atoms with Gasteiger partial charge in [-0.1, -0.05) is 29.8 Å². The van der Waals surface area contributed by atoms with Gasteiger partial charge in [0.15, 0.2) is 0 Å². The summed E-state index contributed by atoms with van der Waals surface area (Å²) in [5, 5.41) is 2.72. The van der Waals surface area contributed by atoms with Gasteiger partial charge in [0.1, 0.15) is 5.69 Å². The molecule has 0 unspecified atom stereocenters. The van der Waals surface area contributed by atoms with Crippen LogP contribution in [0.1, 0.15) is 16.9 Å². The summed E-state index contributed by atoms with van der Waals surface area (Å²) < 4.78 is 0. The first-order valence-electron chi connectivity index (χ1n) is 5.76. The predicted octanol–water partition coefficient (Wildman–Crippen LogP) is 2.67. The van der Waals surface area contributed by atoms with E-state index in [1.807, 2.05) is 24.3 Å². The second-order valence-corrected chi connectivity index (χ2v) is 4.51. The number of aromatic nitrogens is 1. The third-order valence-electron chi connectivity index (χ3n) is 2.86. The minimum absolute atomic E-state index is 0.236. The number of rotatable bonds is 1. The lowest BCUT2D eigenvalue weighted by Crippen LogP contribution is -2.27. The zero-order valence-corrected chi connectivity index (χ0v) is 10.4. The van der Waals surface area contributed by atoms with E-state index in [1.54, 1.807) is 6.07 Å². The second kappa shape index (κ2) is 4.55. The van der Waals surface area contributed by atoms with Crippen LogP contribution in [0.4, 0.5) is 0 Å². The molecule has 1 fully saturated rings. The summed E-state index contributed by atoms with van der Waals surface area (Å²) >= 11 is 6.16. The maximum atomic E-state index is 12.1. The van der Waals surface area contributed by atoms with Gasteiger partial charge in [0, 0.05) is 5.39 Å². The number of carbonyl (C=O) groups excluding carboxylic acids is 1. The molecular weight excluding hydrogens is 252 g/mol. The minimum Gasteiger partial charge on any atom is -0.271 e. The highest BCUT2D eigenvalue weighted by Crippen LogP contribution is 2.23. The molecule has 18 heavy (non-hydrogen) atoms. The molecule has 0 radical (unpaired) electrons. The number of pyridine rings is 1. The SMILES string of the molecule is O=C(c1cc(Cl)c2ccccc2n1)N1CCCO1. The van der Waals surface area contributed by atoms with E-state index >= 15 is 0 Å². The largest absolute Gasteiger partial charge is 0.296 e. The van der Waals surface area contributed by atoms with Crippen LogP contribution in [0.5, 0.6) is 0 Å². The maximum Gasteiger partial charge on any atom is 0.296 e. The topological polar surface area (TPSA) is 42.4 Å². The third kappa shape index (κ3) is 1.94. The molecule has 1 saturated heterocycles. The normalized spacial score (nSPS) is 15.3. The van der Waals surface area contributed by atoms with Crippen molar-refractivity contribution in [3.8, 4) is 0 Å². The van der Waals surface area contributed by atoms with Crippen LogP contribution < -0.4 is 0 Å². The summed E-state index contributed by atoms with van der Waals surface area (Å²) in [4.78, 5) is 21.7. The van der Waals surface area contributed by atoms with Crippen LogP contribution in [0.25, 0.3) is 10.9 Å². The van der Waals surface area contributed by atoms with Gasteiger partial charge in [-0.2, -0.15) is 0 Å². The monoisotopic (exact) mass is 262 g/mol. The van der Waals surface area contributed by atoms with E-state index in [4.69, 9.17) is 16.4 Å². The number of nitrogens with zero attached hydrogens (tertiary/aromatic N) is 2. The molecule has 1 aromatic carbocycles. The Labute approximate surface area is 109 Å². The third-order valence-corrected chi connectivity index (χ3v) is 3.18. The van der Waals surface area contributed by atoms with E-state index in [-0.39, 0.29) is 5.91 Å². The number of amides is 1. The summed E-state index contributed by atoms with van der Waals surface area (Å²) in [5.74, 6) is -0.236. The molecule has 0 N–H and O–H groups in total. The number of hydrogen-bond acceptors (Lipinski definition) is 3. The number of hydrogen-bond donors (Lipinski definition) is 0. The molecule has 1 aromatic heterocycles.